The second-order valence-electron chi connectivity index (χ2n) is 5.38. The summed E-state index contributed by atoms with van der Waals surface area (Å²) in [5, 5.41) is -0.120. The van der Waals surface area contributed by atoms with Crippen LogP contribution in [0.1, 0.15) is 43.9 Å². The van der Waals surface area contributed by atoms with Crippen molar-refractivity contribution in [3.63, 3.8) is 0 Å². The molecule has 108 valence electrons. The normalized spacial score (nSPS) is 22.3. The molecule has 0 aliphatic carbocycles. The van der Waals surface area contributed by atoms with E-state index in [1.807, 2.05) is 19.1 Å². The van der Waals surface area contributed by atoms with Gasteiger partial charge in [-0.3, -0.25) is 0 Å². The monoisotopic (exact) mass is 356 g/mol. The minimum Gasteiger partial charge on any atom is -0.376 e. The highest BCUT2D eigenvalue weighted by molar-refractivity contribution is 9.10. The molecule has 3 unspecified atom stereocenters. The highest BCUT2D eigenvalue weighted by atomic mass is 79.9. The standard InChI is InChI=1S/C15H18BrClN2O/c1-9(17)15-18-12-8-11(16)5-6-13(12)19(15)10(2)14-4-3-7-20-14/h5-6,8-10,14H,3-4,7H2,1-2H3. The molecule has 0 radical (unpaired) electrons. The molecule has 0 N–H and O–H groups in total. The lowest BCUT2D eigenvalue weighted by Gasteiger charge is -2.23. The number of imidazole rings is 1. The van der Waals surface area contributed by atoms with Crippen LogP contribution in [0.15, 0.2) is 22.7 Å². The minimum atomic E-state index is -0.120. The third-order valence-electron chi connectivity index (χ3n) is 3.94. The summed E-state index contributed by atoms with van der Waals surface area (Å²) in [6.07, 6.45) is 2.50. The zero-order valence-electron chi connectivity index (χ0n) is 11.6. The van der Waals surface area contributed by atoms with Gasteiger partial charge in [0.15, 0.2) is 0 Å². The molecule has 2 aromatic rings. The van der Waals surface area contributed by atoms with Crippen LogP contribution in [0.3, 0.4) is 0 Å². The van der Waals surface area contributed by atoms with E-state index >= 15 is 0 Å². The van der Waals surface area contributed by atoms with E-state index in [9.17, 15) is 0 Å². The molecule has 0 bridgehead atoms. The summed E-state index contributed by atoms with van der Waals surface area (Å²) in [5.74, 6) is 0.919. The Morgan fingerprint density at radius 3 is 2.90 bits per heavy atom. The van der Waals surface area contributed by atoms with Gasteiger partial charge in [-0.25, -0.2) is 4.98 Å². The number of rotatable bonds is 3. The predicted molar refractivity (Wildman–Crippen MR) is 85.4 cm³/mol. The van der Waals surface area contributed by atoms with Gasteiger partial charge in [0.05, 0.1) is 28.6 Å². The van der Waals surface area contributed by atoms with E-state index in [0.717, 1.165) is 40.8 Å². The minimum absolute atomic E-state index is 0.120. The van der Waals surface area contributed by atoms with Gasteiger partial charge < -0.3 is 9.30 Å². The lowest BCUT2D eigenvalue weighted by molar-refractivity contribution is 0.0736. The van der Waals surface area contributed by atoms with Gasteiger partial charge in [-0.1, -0.05) is 15.9 Å². The van der Waals surface area contributed by atoms with Crippen LogP contribution < -0.4 is 0 Å². The van der Waals surface area contributed by atoms with E-state index < -0.39 is 0 Å². The molecule has 0 amide bonds. The van der Waals surface area contributed by atoms with Crippen LogP contribution in [0.4, 0.5) is 0 Å². The Bertz CT molecular complexity index is 620. The predicted octanol–water partition coefficient (Wildman–Crippen LogP) is 4.84. The lowest BCUT2D eigenvalue weighted by atomic mass is 10.1. The average Bonchev–Trinajstić information content (AvgIpc) is 3.04. The number of halogens is 2. The number of hydrogen-bond acceptors (Lipinski definition) is 2. The van der Waals surface area contributed by atoms with Gasteiger partial charge in [0.1, 0.15) is 5.82 Å². The molecule has 3 rings (SSSR count). The second-order valence-corrected chi connectivity index (χ2v) is 6.95. The van der Waals surface area contributed by atoms with E-state index in [4.69, 9.17) is 21.3 Å². The molecule has 20 heavy (non-hydrogen) atoms. The van der Waals surface area contributed by atoms with Crippen LogP contribution in [0.2, 0.25) is 0 Å². The van der Waals surface area contributed by atoms with Crippen LogP contribution in [0.25, 0.3) is 11.0 Å². The number of ether oxygens (including phenoxy) is 1. The largest absolute Gasteiger partial charge is 0.376 e. The second kappa shape index (κ2) is 5.66. The molecule has 1 aromatic carbocycles. The number of alkyl halides is 1. The lowest BCUT2D eigenvalue weighted by Crippen LogP contribution is -2.22. The van der Waals surface area contributed by atoms with Crippen LogP contribution in [0.5, 0.6) is 0 Å². The van der Waals surface area contributed by atoms with Crippen molar-refractivity contribution in [1.29, 1.82) is 0 Å². The Morgan fingerprint density at radius 2 is 2.25 bits per heavy atom. The molecule has 1 aliphatic heterocycles. The fourth-order valence-corrected chi connectivity index (χ4v) is 3.45. The Balaban J connectivity index is 2.13. The van der Waals surface area contributed by atoms with Crippen LogP contribution in [0, 0.1) is 0 Å². The Kier molecular flexibility index (Phi) is 4.07. The Labute approximate surface area is 132 Å². The maximum atomic E-state index is 6.33. The third kappa shape index (κ3) is 2.49. The van der Waals surface area contributed by atoms with Gasteiger partial charge in [-0.15, -0.1) is 11.6 Å². The fraction of sp³-hybridized carbons (Fsp3) is 0.533. The Morgan fingerprint density at radius 1 is 1.45 bits per heavy atom. The quantitative estimate of drug-likeness (QED) is 0.735. The van der Waals surface area contributed by atoms with Gasteiger partial charge in [0, 0.05) is 11.1 Å². The number of benzene rings is 1. The summed E-state index contributed by atoms with van der Waals surface area (Å²) >= 11 is 9.83. The van der Waals surface area contributed by atoms with Crippen molar-refractivity contribution in [3.05, 3.63) is 28.5 Å². The van der Waals surface area contributed by atoms with Crippen molar-refractivity contribution >= 4 is 38.6 Å². The summed E-state index contributed by atoms with van der Waals surface area (Å²) in [6, 6.07) is 6.43. The first-order valence-corrected chi connectivity index (χ1v) is 8.24. The van der Waals surface area contributed by atoms with Crippen LogP contribution in [-0.2, 0) is 4.74 Å². The van der Waals surface area contributed by atoms with Crippen LogP contribution in [-0.4, -0.2) is 22.3 Å². The molecule has 5 heteroatoms. The van der Waals surface area contributed by atoms with Crippen molar-refractivity contribution in [2.24, 2.45) is 0 Å². The molecule has 1 aliphatic rings. The maximum Gasteiger partial charge on any atom is 0.128 e. The molecule has 1 aromatic heterocycles. The average molecular weight is 358 g/mol. The molecule has 1 fully saturated rings. The molecule has 2 heterocycles. The first kappa shape index (κ1) is 14.4. The first-order chi connectivity index (χ1) is 9.58. The molecule has 0 saturated carbocycles. The van der Waals surface area contributed by atoms with E-state index in [-0.39, 0.29) is 17.5 Å². The van der Waals surface area contributed by atoms with Crippen molar-refractivity contribution in [2.45, 2.75) is 44.2 Å². The summed E-state index contributed by atoms with van der Waals surface area (Å²) in [6.45, 7) is 5.03. The van der Waals surface area contributed by atoms with E-state index in [2.05, 4.69) is 33.5 Å². The van der Waals surface area contributed by atoms with Crippen molar-refractivity contribution in [2.75, 3.05) is 6.61 Å². The van der Waals surface area contributed by atoms with Crippen molar-refractivity contribution < 1.29 is 4.74 Å². The molecule has 1 saturated heterocycles. The Hall–Kier alpha value is -0.580. The van der Waals surface area contributed by atoms with E-state index in [1.54, 1.807) is 0 Å². The summed E-state index contributed by atoms with van der Waals surface area (Å²) in [7, 11) is 0. The summed E-state index contributed by atoms with van der Waals surface area (Å²) in [5.41, 5.74) is 2.10. The number of fused-ring (bicyclic) bond motifs is 1. The topological polar surface area (TPSA) is 27.1 Å². The highest BCUT2D eigenvalue weighted by Crippen LogP contribution is 2.33. The molecular formula is C15H18BrClN2O. The van der Waals surface area contributed by atoms with Gasteiger partial charge in [0.25, 0.3) is 0 Å². The number of hydrogen-bond donors (Lipinski definition) is 0. The van der Waals surface area contributed by atoms with Crippen molar-refractivity contribution in [1.82, 2.24) is 9.55 Å². The molecule has 3 atom stereocenters. The van der Waals surface area contributed by atoms with Gasteiger partial charge >= 0.3 is 0 Å². The zero-order valence-corrected chi connectivity index (χ0v) is 14.0. The fourth-order valence-electron chi connectivity index (χ4n) is 2.95. The van der Waals surface area contributed by atoms with Gasteiger partial charge in [-0.05, 0) is 44.9 Å². The smallest absolute Gasteiger partial charge is 0.128 e. The summed E-state index contributed by atoms with van der Waals surface area (Å²) in [4.78, 5) is 4.71. The van der Waals surface area contributed by atoms with Gasteiger partial charge in [0.2, 0.25) is 0 Å². The van der Waals surface area contributed by atoms with E-state index in [0.29, 0.717) is 0 Å². The summed E-state index contributed by atoms with van der Waals surface area (Å²) < 4.78 is 9.13. The highest BCUT2D eigenvalue weighted by Gasteiger charge is 2.28. The zero-order chi connectivity index (χ0) is 14.3. The van der Waals surface area contributed by atoms with Crippen molar-refractivity contribution in [3.8, 4) is 0 Å². The van der Waals surface area contributed by atoms with Gasteiger partial charge in [-0.2, -0.15) is 0 Å². The molecule has 3 nitrogen and oxygen atoms in total. The maximum absolute atomic E-state index is 6.33. The van der Waals surface area contributed by atoms with Crippen LogP contribution >= 0.6 is 27.5 Å². The number of nitrogens with zero attached hydrogens (tertiary/aromatic N) is 2. The number of aromatic nitrogens is 2. The third-order valence-corrected chi connectivity index (χ3v) is 4.63. The first-order valence-electron chi connectivity index (χ1n) is 7.01. The molecule has 0 spiro atoms. The SMILES string of the molecule is CC(Cl)c1nc2cc(Br)ccc2n1C(C)C1CCCO1. The molecular weight excluding hydrogens is 340 g/mol. The van der Waals surface area contributed by atoms with E-state index in [1.165, 1.54) is 0 Å².